The van der Waals surface area contributed by atoms with Crippen LogP contribution < -0.4 is 9.64 Å². The van der Waals surface area contributed by atoms with Gasteiger partial charge in [-0.15, -0.1) is 0 Å². The Morgan fingerprint density at radius 1 is 1.02 bits per heavy atom. The second-order valence-electron chi connectivity index (χ2n) is 11.6. The summed E-state index contributed by atoms with van der Waals surface area (Å²) in [5.74, 6) is 1.15. The third kappa shape index (κ3) is 6.30. The summed E-state index contributed by atoms with van der Waals surface area (Å²) in [6.07, 6.45) is 3.57. The molecule has 4 amide bonds. The van der Waals surface area contributed by atoms with Gasteiger partial charge in [0, 0.05) is 51.4 Å². The molecule has 0 unspecified atom stereocenters. The molecule has 2 aliphatic rings. The number of carbonyl (C=O) groups excluding carboxylic acids is 3. The molecule has 4 heterocycles. The molecular weight excluding hydrogens is 524 g/mol. The molecule has 3 aromatic rings. The first kappa shape index (κ1) is 28.4. The number of ether oxygens (including phenoxy) is 2. The van der Waals surface area contributed by atoms with E-state index in [0.29, 0.717) is 24.7 Å². The van der Waals surface area contributed by atoms with E-state index in [1.165, 1.54) is 4.90 Å². The molecule has 11 nitrogen and oxygen atoms in total. The highest BCUT2D eigenvalue weighted by molar-refractivity contribution is 6.05. The van der Waals surface area contributed by atoms with Crippen LogP contribution in [0.2, 0.25) is 0 Å². The van der Waals surface area contributed by atoms with Crippen LogP contribution in [0.1, 0.15) is 45.2 Å². The molecule has 2 fully saturated rings. The fourth-order valence-electron chi connectivity index (χ4n) is 5.31. The average molecular weight is 563 g/mol. The van der Waals surface area contributed by atoms with Crippen LogP contribution in [-0.4, -0.2) is 87.0 Å². The van der Waals surface area contributed by atoms with Gasteiger partial charge in [-0.1, -0.05) is 12.1 Å². The van der Waals surface area contributed by atoms with E-state index in [-0.39, 0.29) is 37.0 Å². The zero-order valence-corrected chi connectivity index (χ0v) is 24.4. The molecule has 0 saturated carbocycles. The topological polar surface area (TPSA) is 99.9 Å². The minimum absolute atomic E-state index is 0.0362. The first-order chi connectivity index (χ1) is 19.5. The Labute approximate surface area is 240 Å². The van der Waals surface area contributed by atoms with Gasteiger partial charge >= 0.3 is 12.1 Å². The van der Waals surface area contributed by atoms with E-state index in [9.17, 15) is 14.4 Å². The number of carbonyl (C=O) groups is 3. The van der Waals surface area contributed by atoms with Crippen LogP contribution in [-0.2, 0) is 22.6 Å². The van der Waals surface area contributed by atoms with Crippen molar-refractivity contribution in [3.05, 3.63) is 59.9 Å². The molecule has 0 radical (unpaired) electrons. The quantitative estimate of drug-likeness (QED) is 0.445. The zero-order chi connectivity index (χ0) is 29.3. The van der Waals surface area contributed by atoms with Gasteiger partial charge < -0.3 is 14.4 Å². The third-order valence-electron chi connectivity index (χ3n) is 7.39. The van der Waals surface area contributed by atoms with Gasteiger partial charge in [-0.2, -0.15) is 0 Å². The van der Waals surface area contributed by atoms with Crippen molar-refractivity contribution in [2.45, 2.75) is 58.8 Å². The zero-order valence-electron chi connectivity index (χ0n) is 24.4. The van der Waals surface area contributed by atoms with E-state index < -0.39 is 5.60 Å². The molecular formula is C30H38N6O5. The number of anilines is 1. The molecule has 2 aliphatic heterocycles. The van der Waals surface area contributed by atoms with Gasteiger partial charge in [0.15, 0.2) is 0 Å². The number of piperazine rings is 1. The number of rotatable bonds is 6. The minimum atomic E-state index is -0.518. The number of imidazole rings is 1. The molecule has 1 aromatic carbocycles. The van der Waals surface area contributed by atoms with E-state index in [4.69, 9.17) is 9.47 Å². The maximum absolute atomic E-state index is 13.4. The van der Waals surface area contributed by atoms with Crippen molar-refractivity contribution >= 4 is 29.5 Å². The lowest BCUT2D eigenvalue weighted by Gasteiger charge is -2.40. The summed E-state index contributed by atoms with van der Waals surface area (Å²) in [4.78, 5) is 50.3. The predicted octanol–water partition coefficient (Wildman–Crippen LogP) is 4.14. The van der Waals surface area contributed by atoms with Crippen molar-refractivity contribution in [2.24, 2.45) is 0 Å². The van der Waals surface area contributed by atoms with Crippen LogP contribution in [0, 0.1) is 0 Å². The number of methoxy groups -OCH3 is 1. The van der Waals surface area contributed by atoms with Gasteiger partial charge in [-0.25, -0.2) is 14.6 Å². The Morgan fingerprint density at radius 2 is 1.78 bits per heavy atom. The van der Waals surface area contributed by atoms with Crippen molar-refractivity contribution < 1.29 is 23.9 Å². The highest BCUT2D eigenvalue weighted by Gasteiger charge is 2.35. The van der Waals surface area contributed by atoms with Gasteiger partial charge in [-0.3, -0.25) is 23.9 Å². The van der Waals surface area contributed by atoms with Crippen LogP contribution in [0.4, 0.5) is 15.4 Å². The average Bonchev–Trinajstić information content (AvgIpc) is 3.33. The van der Waals surface area contributed by atoms with E-state index in [2.05, 4.69) is 9.88 Å². The van der Waals surface area contributed by atoms with Crippen molar-refractivity contribution in [1.82, 2.24) is 24.1 Å². The Bertz CT molecular complexity index is 1430. The largest absolute Gasteiger partial charge is 0.497 e. The van der Waals surface area contributed by atoms with E-state index in [1.54, 1.807) is 23.1 Å². The summed E-state index contributed by atoms with van der Waals surface area (Å²) in [5.41, 5.74) is 2.15. The predicted molar refractivity (Wildman–Crippen MR) is 154 cm³/mol. The maximum Gasteiger partial charge on any atom is 0.410 e. The Kier molecular flexibility index (Phi) is 7.90. The molecule has 0 spiro atoms. The van der Waals surface area contributed by atoms with Crippen molar-refractivity contribution in [3.63, 3.8) is 0 Å². The number of nitrogens with zero attached hydrogens (tertiary/aromatic N) is 6. The number of urea groups is 1. The monoisotopic (exact) mass is 562 g/mol. The lowest BCUT2D eigenvalue weighted by molar-refractivity contribution is -0.129. The molecule has 2 aromatic heterocycles. The first-order valence-corrected chi connectivity index (χ1v) is 13.9. The number of hydrogen-bond donors (Lipinski definition) is 0. The van der Waals surface area contributed by atoms with Crippen LogP contribution in [0.15, 0.2) is 48.8 Å². The number of aromatic nitrogens is 2. The van der Waals surface area contributed by atoms with Gasteiger partial charge in [0.2, 0.25) is 5.91 Å². The fourth-order valence-corrected chi connectivity index (χ4v) is 5.31. The molecule has 11 heteroatoms. The molecule has 0 N–H and O–H groups in total. The molecule has 5 rings (SSSR count). The molecule has 2 saturated heterocycles. The van der Waals surface area contributed by atoms with Crippen molar-refractivity contribution in [3.8, 4) is 5.75 Å². The number of amides is 4. The Hall–Kier alpha value is -4.12. The second-order valence-corrected chi connectivity index (χ2v) is 11.6. The summed E-state index contributed by atoms with van der Waals surface area (Å²) in [6.45, 7) is 11.0. The Balaban J connectivity index is 1.25. The van der Waals surface area contributed by atoms with Gasteiger partial charge in [-0.05, 0) is 63.1 Å². The van der Waals surface area contributed by atoms with E-state index in [0.717, 1.165) is 36.4 Å². The highest BCUT2D eigenvalue weighted by atomic mass is 16.6. The number of fused-ring (bicyclic) bond motifs is 1. The maximum atomic E-state index is 13.4. The molecule has 41 heavy (non-hydrogen) atoms. The van der Waals surface area contributed by atoms with Crippen molar-refractivity contribution in [2.75, 3.05) is 38.2 Å². The molecule has 1 atom stereocenters. The van der Waals surface area contributed by atoms with Gasteiger partial charge in [0.25, 0.3) is 0 Å². The summed E-state index contributed by atoms with van der Waals surface area (Å²) in [7, 11) is 1.60. The van der Waals surface area contributed by atoms with Crippen LogP contribution in [0.25, 0.3) is 5.65 Å². The van der Waals surface area contributed by atoms with Gasteiger partial charge in [0.05, 0.1) is 19.9 Å². The SMILES string of the molecule is COc1ccc(CN2C(=O)CCN(c3cnc4cc(CN5CCN(C(=O)OC(C)(C)C)[C@@H](C)C5)ccn34)C2=O)cc1. The number of hydrogen-bond acceptors (Lipinski definition) is 7. The number of benzene rings is 1. The van der Waals surface area contributed by atoms with Crippen LogP contribution in [0.3, 0.4) is 0 Å². The van der Waals surface area contributed by atoms with Gasteiger partial charge in [0.1, 0.15) is 22.8 Å². The summed E-state index contributed by atoms with van der Waals surface area (Å²) < 4.78 is 12.6. The number of pyridine rings is 1. The van der Waals surface area contributed by atoms with Crippen molar-refractivity contribution in [1.29, 1.82) is 0 Å². The summed E-state index contributed by atoms with van der Waals surface area (Å²) in [5, 5.41) is 0. The first-order valence-electron chi connectivity index (χ1n) is 13.9. The smallest absolute Gasteiger partial charge is 0.410 e. The molecule has 0 aliphatic carbocycles. The number of imide groups is 1. The third-order valence-corrected chi connectivity index (χ3v) is 7.39. The lowest BCUT2D eigenvalue weighted by Crippen LogP contribution is -2.54. The molecule has 218 valence electrons. The lowest BCUT2D eigenvalue weighted by atomic mass is 10.1. The highest BCUT2D eigenvalue weighted by Crippen LogP contribution is 2.25. The van der Waals surface area contributed by atoms with Crippen LogP contribution >= 0.6 is 0 Å². The standard InChI is InChI=1S/C30H38N6O5/c1-21-18-32(14-15-33(21)29(39)41-30(2,3)4)19-23-10-12-34-25(16-23)31-17-26(34)35-13-11-27(37)36(28(35)38)20-22-6-8-24(40-5)9-7-22/h6-10,12,16-17,21H,11,13-15,18-20H2,1-5H3/t21-/m0/s1. The molecule has 0 bridgehead atoms. The van der Waals surface area contributed by atoms with E-state index >= 15 is 0 Å². The Morgan fingerprint density at radius 3 is 2.46 bits per heavy atom. The normalized spacial score (nSPS) is 18.8. The summed E-state index contributed by atoms with van der Waals surface area (Å²) in [6, 6.07) is 11.1. The summed E-state index contributed by atoms with van der Waals surface area (Å²) >= 11 is 0. The minimum Gasteiger partial charge on any atom is -0.497 e. The fraction of sp³-hybridized carbons (Fsp3) is 0.467. The van der Waals surface area contributed by atoms with E-state index in [1.807, 2.05) is 74.7 Å². The van der Waals surface area contributed by atoms with Crippen LogP contribution in [0.5, 0.6) is 5.75 Å². The second kappa shape index (κ2) is 11.4.